The van der Waals surface area contributed by atoms with Gasteiger partial charge in [-0.2, -0.15) is 0 Å². The maximum absolute atomic E-state index is 10.3. The van der Waals surface area contributed by atoms with Crippen molar-refractivity contribution in [1.29, 1.82) is 0 Å². The molecule has 0 nitrogen and oxygen atoms in total. The van der Waals surface area contributed by atoms with Crippen molar-refractivity contribution < 1.29 is 4.39 Å². The molecule has 2 heteroatoms. The Morgan fingerprint density at radius 2 is 1.75 bits per heavy atom. The van der Waals surface area contributed by atoms with Crippen LogP contribution in [0.25, 0.3) is 0 Å². The molecule has 0 amide bonds. The SMILES string of the molecule is Br.CCF. The molecule has 0 aliphatic carbocycles. The van der Waals surface area contributed by atoms with E-state index in [2.05, 4.69) is 0 Å². The molecule has 0 heterocycles. The second kappa shape index (κ2) is 9.96. The highest BCUT2D eigenvalue weighted by atomic mass is 79.9. The van der Waals surface area contributed by atoms with Crippen LogP contribution in [-0.4, -0.2) is 6.67 Å². The minimum atomic E-state index is -0.250. The van der Waals surface area contributed by atoms with Gasteiger partial charge in [-0.3, -0.25) is 4.39 Å². The van der Waals surface area contributed by atoms with E-state index in [9.17, 15) is 4.39 Å². The zero-order valence-electron chi connectivity index (χ0n) is 2.49. The topological polar surface area (TPSA) is 0 Å². The van der Waals surface area contributed by atoms with Crippen LogP contribution in [0.1, 0.15) is 6.92 Å². The summed E-state index contributed by atoms with van der Waals surface area (Å²) < 4.78 is 10.3. The van der Waals surface area contributed by atoms with Crippen molar-refractivity contribution in [3.8, 4) is 0 Å². The van der Waals surface area contributed by atoms with Gasteiger partial charge in [0, 0.05) is 0 Å². The molecule has 0 aromatic carbocycles. The van der Waals surface area contributed by atoms with E-state index in [0.717, 1.165) is 0 Å². The first-order valence-electron chi connectivity index (χ1n) is 0.974. The predicted molar refractivity (Wildman–Crippen MR) is 22.0 cm³/mol. The molecule has 0 rings (SSSR count). The Morgan fingerprint density at radius 3 is 1.75 bits per heavy atom. The molecule has 28 valence electrons. The molecular formula is C2H6BrF. The highest BCUT2D eigenvalue weighted by Gasteiger charge is 1.39. The lowest BCUT2D eigenvalue weighted by atomic mass is 10.9. The number of hydrogen-bond acceptors (Lipinski definition) is 0. The van der Waals surface area contributed by atoms with Crippen LogP contribution in [0.5, 0.6) is 0 Å². The van der Waals surface area contributed by atoms with E-state index in [1.807, 2.05) is 0 Å². The van der Waals surface area contributed by atoms with Gasteiger partial charge >= 0.3 is 0 Å². The van der Waals surface area contributed by atoms with E-state index in [1.54, 1.807) is 0 Å². The number of hydrogen-bond donors (Lipinski definition) is 0. The summed E-state index contributed by atoms with van der Waals surface area (Å²) in [5, 5.41) is 0. The maximum Gasteiger partial charge on any atom is 0.0866 e. The lowest BCUT2D eigenvalue weighted by Gasteiger charge is -1.45. The molecule has 0 aliphatic rings. The Labute approximate surface area is 35.8 Å². The van der Waals surface area contributed by atoms with Gasteiger partial charge in [0.25, 0.3) is 0 Å². The third kappa shape index (κ3) is 28.5. The monoisotopic (exact) mass is 128 g/mol. The molecule has 0 aliphatic heterocycles. The summed E-state index contributed by atoms with van der Waals surface area (Å²) in [6.45, 7) is 1.21. The summed E-state index contributed by atoms with van der Waals surface area (Å²) in [5.74, 6) is 0. The average Bonchev–Trinajstić information content (AvgIpc) is 0.918. The summed E-state index contributed by atoms with van der Waals surface area (Å²) in [6, 6.07) is 0. The first kappa shape index (κ1) is 8.83. The van der Waals surface area contributed by atoms with Gasteiger partial charge in [0.05, 0.1) is 6.67 Å². The lowest BCUT2D eigenvalue weighted by Crippen LogP contribution is -1.40. The molecule has 0 unspecified atom stereocenters. The average molecular weight is 129 g/mol. The number of alkyl halides is 1. The lowest BCUT2D eigenvalue weighted by molar-refractivity contribution is 0.527. The van der Waals surface area contributed by atoms with Crippen LogP contribution >= 0.6 is 17.0 Å². The van der Waals surface area contributed by atoms with Gasteiger partial charge in [-0.05, 0) is 6.92 Å². The van der Waals surface area contributed by atoms with Crippen LogP contribution in [0.4, 0.5) is 4.39 Å². The molecule has 4 heavy (non-hydrogen) atoms. The van der Waals surface area contributed by atoms with Crippen LogP contribution < -0.4 is 0 Å². The van der Waals surface area contributed by atoms with Crippen LogP contribution in [0.15, 0.2) is 0 Å². The molecular weight excluding hydrogens is 123 g/mol. The summed E-state index contributed by atoms with van der Waals surface area (Å²) in [6.07, 6.45) is 0. The fourth-order valence-electron chi connectivity index (χ4n) is 0. The first-order valence-corrected chi connectivity index (χ1v) is 0.974. The zero-order chi connectivity index (χ0) is 2.71. The molecule has 0 N–H and O–H groups in total. The fourth-order valence-corrected chi connectivity index (χ4v) is 0. The second-order valence-electron chi connectivity index (χ2n) is 0.267. The van der Waals surface area contributed by atoms with Gasteiger partial charge in [0.1, 0.15) is 0 Å². The maximum atomic E-state index is 10.3. The standard InChI is InChI=1S/C2H5F.BrH/c1-2-3;/h2H2,1H3;1H. The van der Waals surface area contributed by atoms with Crippen LogP contribution in [0, 0.1) is 0 Å². The van der Waals surface area contributed by atoms with E-state index in [-0.39, 0.29) is 23.7 Å². The Morgan fingerprint density at radius 1 is 1.75 bits per heavy atom. The van der Waals surface area contributed by atoms with Crippen molar-refractivity contribution in [2.75, 3.05) is 6.67 Å². The second-order valence-corrected chi connectivity index (χ2v) is 0.267. The summed E-state index contributed by atoms with van der Waals surface area (Å²) >= 11 is 0. The van der Waals surface area contributed by atoms with Crippen molar-refractivity contribution in [1.82, 2.24) is 0 Å². The van der Waals surface area contributed by atoms with Gasteiger partial charge < -0.3 is 0 Å². The first-order chi connectivity index (χ1) is 1.41. The fraction of sp³-hybridized carbons (Fsp3) is 1.00. The normalized spacial score (nSPS) is 4.50. The molecule has 0 aromatic heterocycles. The minimum Gasteiger partial charge on any atom is -0.251 e. The third-order valence-electron chi connectivity index (χ3n) is 0. The third-order valence-corrected chi connectivity index (χ3v) is 0. The molecule has 0 atom stereocenters. The van der Waals surface area contributed by atoms with Crippen LogP contribution in [0.3, 0.4) is 0 Å². The quantitative estimate of drug-likeness (QED) is 0.465. The molecule has 0 spiro atoms. The van der Waals surface area contributed by atoms with E-state index >= 15 is 0 Å². The summed E-state index contributed by atoms with van der Waals surface area (Å²) in [4.78, 5) is 0. The highest BCUT2D eigenvalue weighted by Crippen LogP contribution is 1.48. The van der Waals surface area contributed by atoms with Crippen molar-refractivity contribution in [3.63, 3.8) is 0 Å². The summed E-state index contributed by atoms with van der Waals surface area (Å²) in [5.41, 5.74) is 0. The molecule has 0 aromatic rings. The predicted octanol–water partition coefficient (Wildman–Crippen LogP) is 1.55. The van der Waals surface area contributed by atoms with E-state index in [4.69, 9.17) is 0 Å². The minimum absolute atomic E-state index is 0. The van der Waals surface area contributed by atoms with E-state index in [1.165, 1.54) is 6.92 Å². The summed E-state index contributed by atoms with van der Waals surface area (Å²) in [7, 11) is 0. The Balaban J connectivity index is 0. The largest absolute Gasteiger partial charge is 0.251 e. The number of halogens is 2. The van der Waals surface area contributed by atoms with Gasteiger partial charge in [-0.25, -0.2) is 0 Å². The Hall–Kier alpha value is 0.410. The molecule has 0 bridgehead atoms. The molecule has 0 saturated carbocycles. The highest BCUT2D eigenvalue weighted by molar-refractivity contribution is 8.93. The van der Waals surface area contributed by atoms with Crippen LogP contribution in [0.2, 0.25) is 0 Å². The van der Waals surface area contributed by atoms with Gasteiger partial charge in [-0.15, -0.1) is 17.0 Å². The van der Waals surface area contributed by atoms with Crippen molar-refractivity contribution >= 4 is 17.0 Å². The molecule has 0 fully saturated rings. The van der Waals surface area contributed by atoms with Gasteiger partial charge in [-0.1, -0.05) is 0 Å². The number of rotatable bonds is 0. The van der Waals surface area contributed by atoms with Crippen molar-refractivity contribution in [2.45, 2.75) is 6.92 Å². The van der Waals surface area contributed by atoms with Gasteiger partial charge in [0.15, 0.2) is 0 Å². The van der Waals surface area contributed by atoms with Gasteiger partial charge in [0.2, 0.25) is 0 Å². The van der Waals surface area contributed by atoms with Crippen molar-refractivity contribution in [2.24, 2.45) is 0 Å². The smallest absolute Gasteiger partial charge is 0.0866 e. The van der Waals surface area contributed by atoms with Crippen molar-refractivity contribution in [3.05, 3.63) is 0 Å². The zero-order valence-corrected chi connectivity index (χ0v) is 4.21. The molecule has 0 radical (unpaired) electrons. The van der Waals surface area contributed by atoms with E-state index in [0.29, 0.717) is 0 Å². The van der Waals surface area contributed by atoms with E-state index < -0.39 is 0 Å². The Kier molecular flexibility index (Phi) is 22.0. The Bertz CT molecular complexity index is 6.00. The molecule has 0 saturated heterocycles. The van der Waals surface area contributed by atoms with Crippen LogP contribution in [-0.2, 0) is 0 Å².